The van der Waals surface area contributed by atoms with Crippen LogP contribution in [0.4, 0.5) is 14.5 Å². The van der Waals surface area contributed by atoms with Crippen molar-refractivity contribution in [2.75, 3.05) is 5.32 Å². The second kappa shape index (κ2) is 3.61. The summed E-state index contributed by atoms with van der Waals surface area (Å²) in [4.78, 5) is 11.4. The van der Waals surface area contributed by atoms with E-state index in [9.17, 15) is 13.6 Å². The normalized spacial score (nSPS) is 23.7. The van der Waals surface area contributed by atoms with E-state index in [-0.39, 0.29) is 17.5 Å². The minimum absolute atomic E-state index is 0.0485. The number of benzene rings is 1. The molecule has 1 N–H and O–H groups in total. The van der Waals surface area contributed by atoms with Gasteiger partial charge in [0, 0.05) is 12.0 Å². The molecule has 2 nitrogen and oxygen atoms in total. The number of carbonyl (C=O) groups is 1. The van der Waals surface area contributed by atoms with Crippen LogP contribution in [0.3, 0.4) is 0 Å². The highest BCUT2D eigenvalue weighted by Crippen LogP contribution is 2.38. The molecule has 1 amide bonds. The van der Waals surface area contributed by atoms with Crippen molar-refractivity contribution >= 4 is 11.6 Å². The lowest BCUT2D eigenvalue weighted by molar-refractivity contribution is -0.117. The summed E-state index contributed by atoms with van der Waals surface area (Å²) in [6, 6.07) is 3.01. The van der Waals surface area contributed by atoms with Gasteiger partial charge in [-0.1, -0.05) is 6.92 Å². The quantitative estimate of drug-likeness (QED) is 0.800. The molecule has 80 valence electrons. The van der Waals surface area contributed by atoms with Crippen LogP contribution in [0.2, 0.25) is 0 Å². The van der Waals surface area contributed by atoms with E-state index in [2.05, 4.69) is 5.32 Å². The van der Waals surface area contributed by atoms with Crippen LogP contribution < -0.4 is 5.32 Å². The minimum Gasteiger partial charge on any atom is -0.323 e. The van der Waals surface area contributed by atoms with E-state index >= 15 is 0 Å². The van der Waals surface area contributed by atoms with Crippen LogP contribution in [0.15, 0.2) is 18.2 Å². The van der Waals surface area contributed by atoms with Crippen LogP contribution in [0.25, 0.3) is 0 Å². The van der Waals surface area contributed by atoms with Gasteiger partial charge in [-0.15, -0.1) is 0 Å². The van der Waals surface area contributed by atoms with Crippen LogP contribution in [-0.4, -0.2) is 5.91 Å². The molecule has 0 spiro atoms. The molecule has 2 atom stereocenters. The van der Waals surface area contributed by atoms with E-state index in [4.69, 9.17) is 0 Å². The van der Waals surface area contributed by atoms with Gasteiger partial charge in [0.25, 0.3) is 0 Å². The van der Waals surface area contributed by atoms with Crippen molar-refractivity contribution in [3.8, 4) is 0 Å². The highest BCUT2D eigenvalue weighted by Gasteiger charge is 2.39. The predicted molar refractivity (Wildman–Crippen MR) is 52.3 cm³/mol. The van der Waals surface area contributed by atoms with Gasteiger partial charge >= 0.3 is 0 Å². The first kappa shape index (κ1) is 10.1. The standard InChI is InChI=1S/C11H11F2NO/c1-6-4-8(6)11(15)14-10-5-7(12)2-3-9(10)13/h2-3,5-6,8H,4H2,1H3,(H,14,15)/t6-,8+/m0/s1. The van der Waals surface area contributed by atoms with Crippen LogP contribution in [0, 0.1) is 23.5 Å². The predicted octanol–water partition coefficient (Wildman–Crippen LogP) is 2.56. The molecule has 0 saturated heterocycles. The molecular weight excluding hydrogens is 200 g/mol. The van der Waals surface area contributed by atoms with Crippen molar-refractivity contribution < 1.29 is 13.6 Å². The molecule has 0 radical (unpaired) electrons. The molecule has 2 rings (SSSR count). The fourth-order valence-corrected chi connectivity index (χ4v) is 1.51. The van der Waals surface area contributed by atoms with E-state index in [1.54, 1.807) is 0 Å². The number of hydrogen-bond donors (Lipinski definition) is 1. The molecule has 1 aromatic carbocycles. The zero-order valence-electron chi connectivity index (χ0n) is 8.26. The topological polar surface area (TPSA) is 29.1 Å². The smallest absolute Gasteiger partial charge is 0.227 e. The van der Waals surface area contributed by atoms with Crippen LogP contribution >= 0.6 is 0 Å². The highest BCUT2D eigenvalue weighted by molar-refractivity contribution is 5.94. The molecule has 1 aliphatic rings. The number of rotatable bonds is 2. The SMILES string of the molecule is C[C@H]1C[C@H]1C(=O)Nc1cc(F)ccc1F. The molecule has 0 bridgehead atoms. The van der Waals surface area contributed by atoms with Gasteiger partial charge in [0.2, 0.25) is 5.91 Å². The Balaban J connectivity index is 2.10. The van der Waals surface area contributed by atoms with Crippen molar-refractivity contribution in [2.24, 2.45) is 11.8 Å². The maximum absolute atomic E-state index is 13.1. The zero-order chi connectivity index (χ0) is 11.0. The number of halogens is 2. The molecule has 0 heterocycles. The third-order valence-corrected chi connectivity index (χ3v) is 2.63. The highest BCUT2D eigenvalue weighted by atomic mass is 19.1. The molecule has 0 aliphatic heterocycles. The van der Waals surface area contributed by atoms with E-state index < -0.39 is 11.6 Å². The van der Waals surface area contributed by atoms with E-state index in [1.807, 2.05) is 6.92 Å². The summed E-state index contributed by atoms with van der Waals surface area (Å²) < 4.78 is 25.9. The largest absolute Gasteiger partial charge is 0.323 e. The molecule has 1 fully saturated rings. The van der Waals surface area contributed by atoms with Crippen LogP contribution in [0.1, 0.15) is 13.3 Å². The molecule has 0 unspecified atom stereocenters. The number of nitrogens with one attached hydrogen (secondary N) is 1. The molecule has 1 aliphatic carbocycles. The Hall–Kier alpha value is -1.45. The Kier molecular flexibility index (Phi) is 2.42. The maximum atomic E-state index is 13.1. The Labute approximate surface area is 86.3 Å². The summed E-state index contributed by atoms with van der Waals surface area (Å²) in [7, 11) is 0. The summed E-state index contributed by atoms with van der Waals surface area (Å²) in [5.74, 6) is -1.10. The zero-order valence-corrected chi connectivity index (χ0v) is 8.26. The molecule has 1 saturated carbocycles. The summed E-state index contributed by atoms with van der Waals surface area (Å²) in [6.07, 6.45) is 0.822. The first-order chi connectivity index (χ1) is 7.08. The second-order valence-electron chi connectivity index (χ2n) is 3.93. The lowest BCUT2D eigenvalue weighted by atomic mass is 10.2. The lowest BCUT2D eigenvalue weighted by Gasteiger charge is -2.05. The van der Waals surface area contributed by atoms with E-state index in [0.717, 1.165) is 24.6 Å². The van der Waals surface area contributed by atoms with Crippen molar-refractivity contribution in [2.45, 2.75) is 13.3 Å². The van der Waals surface area contributed by atoms with Crippen molar-refractivity contribution in [1.82, 2.24) is 0 Å². The average molecular weight is 211 g/mol. The van der Waals surface area contributed by atoms with Gasteiger partial charge in [0.15, 0.2) is 0 Å². The summed E-state index contributed by atoms with van der Waals surface area (Å²) in [5, 5.41) is 2.39. The summed E-state index contributed by atoms with van der Waals surface area (Å²) in [5.41, 5.74) is -0.0842. The van der Waals surface area contributed by atoms with Gasteiger partial charge in [-0.2, -0.15) is 0 Å². The van der Waals surface area contributed by atoms with Gasteiger partial charge in [0.1, 0.15) is 11.6 Å². The van der Waals surface area contributed by atoms with Crippen LogP contribution in [-0.2, 0) is 4.79 Å². The minimum atomic E-state index is -0.613. The molecule has 4 heteroatoms. The van der Waals surface area contributed by atoms with E-state index in [0.29, 0.717) is 5.92 Å². The summed E-state index contributed by atoms with van der Waals surface area (Å²) >= 11 is 0. The third-order valence-electron chi connectivity index (χ3n) is 2.63. The Morgan fingerprint density at radius 2 is 2.13 bits per heavy atom. The van der Waals surface area contributed by atoms with Gasteiger partial charge < -0.3 is 5.32 Å². The Morgan fingerprint density at radius 1 is 1.47 bits per heavy atom. The molecule has 0 aromatic heterocycles. The number of amides is 1. The molecular formula is C11H11F2NO. The fraction of sp³-hybridized carbons (Fsp3) is 0.364. The van der Waals surface area contributed by atoms with Gasteiger partial charge in [-0.05, 0) is 24.5 Å². The van der Waals surface area contributed by atoms with Gasteiger partial charge in [-0.3, -0.25) is 4.79 Å². The second-order valence-corrected chi connectivity index (χ2v) is 3.93. The van der Waals surface area contributed by atoms with Crippen molar-refractivity contribution in [3.63, 3.8) is 0 Å². The fourth-order valence-electron chi connectivity index (χ4n) is 1.51. The maximum Gasteiger partial charge on any atom is 0.227 e. The molecule has 1 aromatic rings. The number of anilines is 1. The first-order valence-corrected chi connectivity index (χ1v) is 4.84. The number of hydrogen-bond acceptors (Lipinski definition) is 1. The summed E-state index contributed by atoms with van der Waals surface area (Å²) in [6.45, 7) is 1.95. The third kappa shape index (κ3) is 2.14. The first-order valence-electron chi connectivity index (χ1n) is 4.84. The molecule has 15 heavy (non-hydrogen) atoms. The Bertz CT molecular complexity index is 406. The lowest BCUT2D eigenvalue weighted by Crippen LogP contribution is -2.15. The van der Waals surface area contributed by atoms with Gasteiger partial charge in [0.05, 0.1) is 5.69 Å². The van der Waals surface area contributed by atoms with E-state index in [1.165, 1.54) is 0 Å². The number of carbonyl (C=O) groups excluding carboxylic acids is 1. The van der Waals surface area contributed by atoms with Gasteiger partial charge in [-0.25, -0.2) is 8.78 Å². The van der Waals surface area contributed by atoms with Crippen molar-refractivity contribution in [3.05, 3.63) is 29.8 Å². The van der Waals surface area contributed by atoms with Crippen molar-refractivity contribution in [1.29, 1.82) is 0 Å². The van der Waals surface area contributed by atoms with Crippen LogP contribution in [0.5, 0.6) is 0 Å². The monoisotopic (exact) mass is 211 g/mol. The Morgan fingerprint density at radius 3 is 2.73 bits per heavy atom. The average Bonchev–Trinajstić information content (AvgIpc) is 2.89.